The number of rotatable bonds is 44. The van der Waals surface area contributed by atoms with Crippen LogP contribution >= 0.6 is 0 Å². The minimum absolute atomic E-state index is 1.23. The van der Waals surface area contributed by atoms with Crippen molar-refractivity contribution in [2.75, 3.05) is 0 Å². The molecular formula is C50H99N2+. The molecule has 2 nitrogen and oxygen atoms in total. The molecule has 2 heteroatoms. The highest BCUT2D eigenvalue weighted by molar-refractivity contribution is 4.84. The third kappa shape index (κ3) is 32.6. The average Bonchev–Trinajstić information content (AvgIpc) is 3.54. The van der Waals surface area contributed by atoms with Crippen molar-refractivity contribution in [3.8, 4) is 0 Å². The minimum atomic E-state index is 1.23. The van der Waals surface area contributed by atoms with Gasteiger partial charge >= 0.3 is 0 Å². The molecule has 0 aliphatic heterocycles. The van der Waals surface area contributed by atoms with Crippen LogP contribution in [0.15, 0.2) is 12.4 Å². The first-order valence-corrected chi connectivity index (χ1v) is 24.9. The van der Waals surface area contributed by atoms with Crippen molar-refractivity contribution in [3.05, 3.63) is 18.2 Å². The highest BCUT2D eigenvalue weighted by Gasteiger charge is 2.16. The molecule has 1 heterocycles. The Bertz CT molecular complexity index is 796. The van der Waals surface area contributed by atoms with E-state index in [1.54, 1.807) is 5.82 Å². The summed E-state index contributed by atoms with van der Waals surface area (Å²) in [6.45, 7) is 9.42. The summed E-state index contributed by atoms with van der Waals surface area (Å²) in [5, 5.41) is 0. The highest BCUT2D eigenvalue weighted by Crippen LogP contribution is 2.17. The van der Waals surface area contributed by atoms with Gasteiger partial charge in [0.2, 0.25) is 0 Å². The summed E-state index contributed by atoms with van der Waals surface area (Å²) in [5.41, 5.74) is 0. The fraction of sp³-hybridized carbons (Fsp3) is 0.940. The van der Waals surface area contributed by atoms with Crippen molar-refractivity contribution >= 4 is 0 Å². The Morgan fingerprint density at radius 3 is 0.923 bits per heavy atom. The molecule has 1 aromatic heterocycles. The molecule has 0 radical (unpaired) electrons. The lowest BCUT2D eigenvalue weighted by Gasteiger charge is -2.07. The molecule has 0 saturated heterocycles. The number of aromatic nitrogens is 2. The minimum Gasteiger partial charge on any atom is -0.234 e. The number of unbranched alkanes of at least 4 members (excludes halogenated alkanes) is 38. The molecule has 1 aromatic rings. The van der Waals surface area contributed by atoms with Crippen molar-refractivity contribution in [2.45, 2.75) is 304 Å². The molecule has 52 heavy (non-hydrogen) atoms. The van der Waals surface area contributed by atoms with Crippen molar-refractivity contribution in [1.29, 1.82) is 0 Å². The van der Waals surface area contributed by atoms with Gasteiger partial charge in [0.05, 0.1) is 13.1 Å². The quantitative estimate of drug-likeness (QED) is 0.0467. The number of hydrogen-bond donors (Lipinski definition) is 0. The molecule has 0 atom stereocenters. The van der Waals surface area contributed by atoms with E-state index in [1.807, 2.05) is 0 Å². The van der Waals surface area contributed by atoms with E-state index in [-0.39, 0.29) is 0 Å². The molecule has 0 aliphatic rings. The largest absolute Gasteiger partial charge is 0.256 e. The molecule has 308 valence electrons. The summed E-state index contributed by atoms with van der Waals surface area (Å²) in [6, 6.07) is 0. The maximum absolute atomic E-state index is 2.66. The molecule has 1 rings (SSSR count). The Morgan fingerprint density at radius 1 is 0.327 bits per heavy atom. The topological polar surface area (TPSA) is 8.81 Å². The van der Waals surface area contributed by atoms with E-state index in [4.69, 9.17) is 0 Å². The number of hydrogen-bond acceptors (Lipinski definition) is 0. The highest BCUT2D eigenvalue weighted by atomic mass is 15.1. The average molecular weight is 728 g/mol. The van der Waals surface area contributed by atoms with Crippen LogP contribution < -0.4 is 4.57 Å². The first-order valence-electron chi connectivity index (χ1n) is 24.9. The van der Waals surface area contributed by atoms with Gasteiger partial charge in [0.15, 0.2) is 0 Å². The molecule has 0 aromatic carbocycles. The van der Waals surface area contributed by atoms with Crippen LogP contribution in [0, 0.1) is 0 Å². The first kappa shape index (κ1) is 49.2. The van der Waals surface area contributed by atoms with Gasteiger partial charge < -0.3 is 0 Å². The third-order valence-electron chi connectivity index (χ3n) is 12.1. The molecule has 0 spiro atoms. The van der Waals surface area contributed by atoms with Gasteiger partial charge in [-0.1, -0.05) is 252 Å². The summed E-state index contributed by atoms with van der Waals surface area (Å²) < 4.78 is 5.31. The lowest BCUT2D eigenvalue weighted by Crippen LogP contribution is -2.37. The van der Waals surface area contributed by atoms with Crippen molar-refractivity contribution in [2.24, 2.45) is 0 Å². The van der Waals surface area contributed by atoms with E-state index in [0.717, 1.165) is 0 Å². The van der Waals surface area contributed by atoms with E-state index >= 15 is 0 Å². The second kappa shape index (κ2) is 41.4. The summed E-state index contributed by atoms with van der Waals surface area (Å²) in [7, 11) is 0. The number of aryl methyl sites for hydroxylation is 2. The standard InChI is InChI=1S/C50H99N2/c1-4-7-10-13-16-19-22-25-26-27-28-29-32-35-38-41-44-47-52-49-48-51(46-43-40-37-34-31-24-21-18-15-12-9-6-3)50(52)45-42-39-36-33-30-23-20-17-14-11-8-5-2/h48-49H,4-47H2,1-3H3/q+1. The second-order valence-electron chi connectivity index (χ2n) is 17.3. The Hall–Kier alpha value is -0.790. The van der Waals surface area contributed by atoms with Gasteiger partial charge in [-0.25, -0.2) is 9.13 Å². The summed E-state index contributed by atoms with van der Waals surface area (Å²) in [4.78, 5) is 0. The van der Waals surface area contributed by atoms with Crippen LogP contribution in [0.2, 0.25) is 0 Å². The van der Waals surface area contributed by atoms with Gasteiger partial charge in [0.1, 0.15) is 12.4 Å². The first-order chi connectivity index (χ1) is 25.8. The van der Waals surface area contributed by atoms with Crippen LogP contribution in [0.3, 0.4) is 0 Å². The Balaban J connectivity index is 2.24. The van der Waals surface area contributed by atoms with Crippen LogP contribution in [0.5, 0.6) is 0 Å². The summed E-state index contributed by atoms with van der Waals surface area (Å²) in [6.07, 6.45) is 65.3. The Labute approximate surface area is 329 Å². The van der Waals surface area contributed by atoms with Crippen molar-refractivity contribution in [1.82, 2.24) is 4.57 Å². The van der Waals surface area contributed by atoms with E-state index in [1.165, 1.54) is 283 Å². The zero-order chi connectivity index (χ0) is 37.3. The molecule has 0 amide bonds. The molecule has 0 fully saturated rings. The maximum Gasteiger partial charge on any atom is 0.256 e. The van der Waals surface area contributed by atoms with Crippen molar-refractivity contribution in [3.63, 3.8) is 0 Å². The lowest BCUT2D eigenvalue weighted by atomic mass is 10.0. The van der Waals surface area contributed by atoms with Crippen LogP contribution in [0.25, 0.3) is 0 Å². The van der Waals surface area contributed by atoms with Gasteiger partial charge in [-0.3, -0.25) is 0 Å². The van der Waals surface area contributed by atoms with E-state index in [9.17, 15) is 0 Å². The van der Waals surface area contributed by atoms with Crippen LogP contribution in [0.4, 0.5) is 0 Å². The van der Waals surface area contributed by atoms with Crippen LogP contribution in [0.1, 0.15) is 290 Å². The monoisotopic (exact) mass is 728 g/mol. The molecule has 0 unspecified atom stereocenters. The Morgan fingerprint density at radius 2 is 0.596 bits per heavy atom. The predicted molar refractivity (Wildman–Crippen MR) is 235 cm³/mol. The lowest BCUT2D eigenvalue weighted by molar-refractivity contribution is -0.704. The molecule has 0 N–H and O–H groups in total. The molecule has 0 bridgehead atoms. The Kier molecular flexibility index (Phi) is 39.2. The molecule has 0 saturated carbocycles. The van der Waals surface area contributed by atoms with Gasteiger partial charge in [-0.2, -0.15) is 0 Å². The van der Waals surface area contributed by atoms with Gasteiger partial charge in [-0.05, 0) is 32.1 Å². The predicted octanol–water partition coefficient (Wildman–Crippen LogP) is 17.4. The zero-order valence-corrected chi connectivity index (χ0v) is 36.7. The summed E-state index contributed by atoms with van der Waals surface area (Å²) in [5.74, 6) is 1.63. The third-order valence-corrected chi connectivity index (χ3v) is 12.1. The normalized spacial score (nSPS) is 11.7. The molecular weight excluding hydrogens is 629 g/mol. The maximum atomic E-state index is 2.66. The number of imidazole rings is 1. The van der Waals surface area contributed by atoms with Crippen LogP contribution in [-0.4, -0.2) is 4.57 Å². The fourth-order valence-corrected chi connectivity index (χ4v) is 8.45. The molecule has 0 aliphatic carbocycles. The van der Waals surface area contributed by atoms with Gasteiger partial charge in [-0.15, -0.1) is 0 Å². The van der Waals surface area contributed by atoms with E-state index < -0.39 is 0 Å². The smallest absolute Gasteiger partial charge is 0.234 e. The zero-order valence-electron chi connectivity index (χ0n) is 36.7. The van der Waals surface area contributed by atoms with Gasteiger partial charge in [0.25, 0.3) is 5.82 Å². The second-order valence-corrected chi connectivity index (χ2v) is 17.3. The summed E-state index contributed by atoms with van der Waals surface area (Å²) >= 11 is 0. The van der Waals surface area contributed by atoms with E-state index in [2.05, 4.69) is 42.3 Å². The van der Waals surface area contributed by atoms with Gasteiger partial charge in [0, 0.05) is 6.42 Å². The SMILES string of the molecule is CCCCCCCCCCCCCCCCCCCn1cc[n+](CCCCCCCCCCCCCC)c1CCCCCCCCCCCCCC. The fourth-order valence-electron chi connectivity index (χ4n) is 8.45. The van der Waals surface area contributed by atoms with Crippen molar-refractivity contribution < 1.29 is 4.57 Å². The van der Waals surface area contributed by atoms with E-state index in [0.29, 0.717) is 0 Å². The van der Waals surface area contributed by atoms with Crippen LogP contribution in [-0.2, 0) is 19.5 Å². The number of nitrogens with zero attached hydrogens (tertiary/aromatic N) is 2.